The van der Waals surface area contributed by atoms with Crippen LogP contribution >= 0.6 is 11.8 Å². The van der Waals surface area contributed by atoms with Gasteiger partial charge in [-0.3, -0.25) is 9.20 Å². The lowest BCUT2D eigenvalue weighted by molar-refractivity contribution is -0.117. The maximum Gasteiger partial charge on any atom is 0.228 e. The van der Waals surface area contributed by atoms with Crippen molar-refractivity contribution in [1.82, 2.24) is 39.2 Å². The monoisotopic (exact) mass is 502 g/mol. The summed E-state index contributed by atoms with van der Waals surface area (Å²) in [6.45, 7) is 0.730. The van der Waals surface area contributed by atoms with Crippen molar-refractivity contribution in [3.63, 3.8) is 0 Å². The summed E-state index contributed by atoms with van der Waals surface area (Å²) in [5, 5.41) is 29.4. The Kier molecular flexibility index (Phi) is 5.91. The molecule has 5 aromatic rings. The van der Waals surface area contributed by atoms with E-state index in [0.717, 1.165) is 24.0 Å². The Labute approximate surface area is 209 Å². The first-order valence-corrected chi connectivity index (χ1v) is 12.3. The number of carbonyl (C=O) groups is 1. The van der Waals surface area contributed by atoms with Crippen LogP contribution in [0.25, 0.3) is 22.4 Å². The van der Waals surface area contributed by atoms with Crippen LogP contribution in [0.4, 0.5) is 11.8 Å². The molecule has 0 aromatic carbocycles. The highest BCUT2D eigenvalue weighted by molar-refractivity contribution is 7.99. The molecule has 1 amide bonds. The van der Waals surface area contributed by atoms with Crippen molar-refractivity contribution < 1.29 is 9.90 Å². The summed E-state index contributed by atoms with van der Waals surface area (Å²) >= 11 is 1.37. The number of anilines is 2. The van der Waals surface area contributed by atoms with Gasteiger partial charge in [0.25, 0.3) is 0 Å². The highest BCUT2D eigenvalue weighted by Gasteiger charge is 2.30. The Hall–Kier alpha value is -4.10. The highest BCUT2D eigenvalue weighted by atomic mass is 32.2. The van der Waals surface area contributed by atoms with Crippen molar-refractivity contribution in [2.24, 2.45) is 5.92 Å². The van der Waals surface area contributed by atoms with Crippen molar-refractivity contribution >= 4 is 40.7 Å². The summed E-state index contributed by atoms with van der Waals surface area (Å²) in [6, 6.07) is 7.55. The average molecular weight is 503 g/mol. The number of hydrogen-bond acceptors (Lipinski definition) is 10. The smallest absolute Gasteiger partial charge is 0.228 e. The number of imidazole rings is 1. The summed E-state index contributed by atoms with van der Waals surface area (Å²) in [5.41, 5.74) is 3.12. The molecule has 0 saturated heterocycles. The van der Waals surface area contributed by atoms with Crippen LogP contribution in [0, 0.1) is 5.92 Å². The second-order valence-corrected chi connectivity index (χ2v) is 9.38. The third kappa shape index (κ3) is 4.70. The van der Waals surface area contributed by atoms with Crippen LogP contribution in [0.2, 0.25) is 0 Å². The molecule has 6 rings (SSSR count). The van der Waals surface area contributed by atoms with Crippen molar-refractivity contribution in [2.45, 2.75) is 29.4 Å². The fraction of sp³-hybridized carbons (Fsp3) is 0.261. The molecule has 1 saturated carbocycles. The number of fused-ring (bicyclic) bond motifs is 2. The zero-order valence-electron chi connectivity index (χ0n) is 19.1. The highest BCUT2D eigenvalue weighted by Crippen LogP contribution is 2.30. The Balaban J connectivity index is 1.21. The molecule has 3 N–H and O–H groups in total. The molecule has 0 spiro atoms. The molecule has 12 nitrogen and oxygen atoms in total. The quantitative estimate of drug-likeness (QED) is 0.257. The van der Waals surface area contributed by atoms with Crippen LogP contribution in [-0.2, 0) is 4.79 Å². The first kappa shape index (κ1) is 22.4. The predicted octanol–water partition coefficient (Wildman–Crippen LogP) is 2.52. The van der Waals surface area contributed by atoms with Crippen LogP contribution < -0.4 is 10.6 Å². The number of pyridine rings is 1. The van der Waals surface area contributed by atoms with Crippen molar-refractivity contribution in [3.8, 4) is 11.1 Å². The number of aromatic nitrogens is 8. The zero-order chi connectivity index (χ0) is 24.5. The molecule has 36 heavy (non-hydrogen) atoms. The number of hydrogen-bond donors (Lipinski definition) is 3. The standard InChI is InChI=1S/C23H22N10O2S/c34-9-1-8-24-22-25-10-16(11-26-22)15-4-5-19-29-30-23(32(19)12-15)36-20-7-6-18-27-17(13-33(18)31-20)28-21(35)14-2-3-14/h4-7,10-14,34H,1-3,8-9H2,(H,28,35)(H,24,25,26). The molecular formula is C23H22N10O2S. The van der Waals surface area contributed by atoms with Crippen molar-refractivity contribution in [3.05, 3.63) is 49.1 Å². The second-order valence-electron chi connectivity index (χ2n) is 8.39. The molecule has 0 radical (unpaired) electrons. The topological polar surface area (TPSA) is 148 Å². The summed E-state index contributed by atoms with van der Waals surface area (Å²) < 4.78 is 3.54. The van der Waals surface area contributed by atoms with E-state index in [9.17, 15) is 4.79 Å². The number of nitrogens with one attached hydrogen (secondary N) is 2. The summed E-state index contributed by atoms with van der Waals surface area (Å²) in [7, 11) is 0. The number of nitrogens with zero attached hydrogens (tertiary/aromatic N) is 8. The molecule has 13 heteroatoms. The van der Waals surface area contributed by atoms with Gasteiger partial charge < -0.3 is 15.7 Å². The molecule has 0 atom stereocenters. The van der Waals surface area contributed by atoms with Gasteiger partial charge in [-0.15, -0.1) is 10.2 Å². The molecule has 0 bridgehead atoms. The van der Waals surface area contributed by atoms with Crippen LogP contribution in [0.3, 0.4) is 0 Å². The molecule has 0 unspecified atom stereocenters. The maximum absolute atomic E-state index is 12.0. The zero-order valence-corrected chi connectivity index (χ0v) is 19.9. The Bertz CT molecular complexity index is 1540. The number of carbonyl (C=O) groups excluding carboxylic acids is 1. The molecule has 5 aromatic heterocycles. The van der Waals surface area contributed by atoms with Gasteiger partial charge >= 0.3 is 0 Å². The Morgan fingerprint density at radius 2 is 1.89 bits per heavy atom. The Morgan fingerprint density at radius 1 is 1.06 bits per heavy atom. The van der Waals surface area contributed by atoms with Crippen LogP contribution in [-0.4, -0.2) is 63.3 Å². The second kappa shape index (κ2) is 9.51. The largest absolute Gasteiger partial charge is 0.396 e. The van der Waals surface area contributed by atoms with E-state index in [4.69, 9.17) is 5.11 Å². The fourth-order valence-corrected chi connectivity index (χ4v) is 4.38. The normalized spacial score (nSPS) is 13.4. The van der Waals surface area contributed by atoms with Gasteiger partial charge in [0.1, 0.15) is 5.03 Å². The minimum Gasteiger partial charge on any atom is -0.396 e. The van der Waals surface area contributed by atoms with Gasteiger partial charge in [-0.1, -0.05) is 0 Å². The van der Waals surface area contributed by atoms with Gasteiger partial charge in [0.2, 0.25) is 17.0 Å². The third-order valence-corrected chi connectivity index (χ3v) is 6.55. The van der Waals surface area contributed by atoms with E-state index < -0.39 is 0 Å². The lowest BCUT2D eigenvalue weighted by Crippen LogP contribution is -2.13. The van der Waals surface area contributed by atoms with Gasteiger partial charge in [0, 0.05) is 48.8 Å². The minimum absolute atomic E-state index is 0.0109. The van der Waals surface area contributed by atoms with Gasteiger partial charge in [-0.05, 0) is 55.3 Å². The van der Waals surface area contributed by atoms with E-state index in [1.807, 2.05) is 34.9 Å². The number of amides is 1. The number of rotatable bonds is 9. The number of aliphatic hydroxyl groups is 1. The number of aliphatic hydroxyl groups excluding tert-OH is 1. The lowest BCUT2D eigenvalue weighted by Gasteiger charge is -2.06. The summed E-state index contributed by atoms with van der Waals surface area (Å²) in [6.07, 6.45) is 9.66. The van der Waals surface area contributed by atoms with Gasteiger partial charge in [-0.2, -0.15) is 5.10 Å². The maximum atomic E-state index is 12.0. The molecule has 5 heterocycles. The molecule has 1 fully saturated rings. The van der Waals surface area contributed by atoms with Gasteiger partial charge in [0.15, 0.2) is 17.1 Å². The van der Waals surface area contributed by atoms with Crippen LogP contribution in [0.15, 0.2) is 59.2 Å². The van der Waals surface area contributed by atoms with Crippen molar-refractivity contribution in [1.29, 1.82) is 0 Å². The van der Waals surface area contributed by atoms with Gasteiger partial charge in [-0.25, -0.2) is 19.5 Å². The van der Waals surface area contributed by atoms with E-state index in [1.54, 1.807) is 23.1 Å². The van der Waals surface area contributed by atoms with E-state index in [2.05, 4.69) is 40.9 Å². The minimum atomic E-state index is 0.0109. The molecule has 1 aliphatic carbocycles. The molecule has 182 valence electrons. The van der Waals surface area contributed by atoms with Crippen LogP contribution in [0.5, 0.6) is 0 Å². The first-order valence-electron chi connectivity index (χ1n) is 11.5. The van der Waals surface area contributed by atoms with E-state index in [0.29, 0.717) is 46.2 Å². The summed E-state index contributed by atoms with van der Waals surface area (Å²) in [4.78, 5) is 25.2. The molecule has 1 aliphatic rings. The fourth-order valence-electron chi connectivity index (χ4n) is 3.60. The molecular weight excluding hydrogens is 480 g/mol. The van der Waals surface area contributed by atoms with E-state index in [1.165, 1.54) is 11.8 Å². The third-order valence-electron chi connectivity index (χ3n) is 5.67. The first-order chi connectivity index (χ1) is 17.7. The molecule has 0 aliphatic heterocycles. The van der Waals surface area contributed by atoms with E-state index in [-0.39, 0.29) is 18.4 Å². The van der Waals surface area contributed by atoms with E-state index >= 15 is 0 Å². The Morgan fingerprint density at radius 3 is 2.69 bits per heavy atom. The van der Waals surface area contributed by atoms with Crippen molar-refractivity contribution in [2.75, 3.05) is 23.8 Å². The van der Waals surface area contributed by atoms with Crippen LogP contribution in [0.1, 0.15) is 19.3 Å². The predicted molar refractivity (Wildman–Crippen MR) is 133 cm³/mol. The average Bonchev–Trinajstić information content (AvgIpc) is 3.57. The lowest BCUT2D eigenvalue weighted by atomic mass is 10.1. The van der Waals surface area contributed by atoms with Gasteiger partial charge in [0.05, 0.1) is 6.20 Å². The SMILES string of the molecule is O=C(Nc1cn2nc(Sc3nnc4ccc(-c5cnc(NCCCO)nc5)cn34)ccc2n1)C1CC1. The summed E-state index contributed by atoms with van der Waals surface area (Å²) in [5.74, 6) is 1.13.